The topological polar surface area (TPSA) is 35.6 Å². The van der Waals surface area contributed by atoms with Gasteiger partial charge >= 0.3 is 6.18 Å². The number of alkyl halides is 3. The highest BCUT2D eigenvalue weighted by Gasteiger charge is 2.30. The van der Waals surface area contributed by atoms with Crippen LogP contribution in [0.4, 0.5) is 13.2 Å². The summed E-state index contributed by atoms with van der Waals surface area (Å²) in [5, 5.41) is 0. The third kappa shape index (κ3) is 3.28. The van der Waals surface area contributed by atoms with Gasteiger partial charge in [-0.2, -0.15) is 13.2 Å². The van der Waals surface area contributed by atoms with Gasteiger partial charge in [-0.3, -0.25) is 0 Å². The maximum absolute atomic E-state index is 12.8. The van der Waals surface area contributed by atoms with Crippen molar-refractivity contribution < 1.29 is 13.2 Å². The minimum Gasteiger partial charge on any atom is -0.329 e. The number of aryl methyl sites for hydroxylation is 1. The van der Waals surface area contributed by atoms with Gasteiger partial charge in [0.25, 0.3) is 0 Å². The van der Waals surface area contributed by atoms with E-state index in [1.165, 1.54) is 12.4 Å². The zero-order chi connectivity index (χ0) is 16.4. The zero-order valence-corrected chi connectivity index (χ0v) is 12.5. The maximum atomic E-state index is 12.8. The Labute approximate surface area is 131 Å². The molecule has 7 heteroatoms. The molecule has 120 valence electrons. The molecule has 0 aliphatic carbocycles. The van der Waals surface area contributed by atoms with Crippen LogP contribution in [0.2, 0.25) is 0 Å². The summed E-state index contributed by atoms with van der Waals surface area (Å²) < 4.78 is 41.9. The van der Waals surface area contributed by atoms with Crippen molar-refractivity contribution >= 4 is 0 Å². The van der Waals surface area contributed by atoms with Crippen LogP contribution in [0.1, 0.15) is 24.0 Å². The SMILES string of the molecule is CCc1nccn1Cc1cn(-c2cccc(C(F)(F)F)c2)cn1. The summed E-state index contributed by atoms with van der Waals surface area (Å²) in [7, 11) is 0. The lowest BCUT2D eigenvalue weighted by Crippen LogP contribution is -2.05. The Hall–Kier alpha value is -2.57. The lowest BCUT2D eigenvalue weighted by atomic mass is 10.2. The fourth-order valence-corrected chi connectivity index (χ4v) is 2.40. The van der Waals surface area contributed by atoms with Crippen molar-refractivity contribution in [1.82, 2.24) is 19.1 Å². The number of imidazole rings is 2. The van der Waals surface area contributed by atoms with Gasteiger partial charge in [-0.15, -0.1) is 0 Å². The molecule has 23 heavy (non-hydrogen) atoms. The second-order valence-corrected chi connectivity index (χ2v) is 5.15. The minimum atomic E-state index is -4.35. The Morgan fingerprint density at radius 3 is 2.74 bits per heavy atom. The van der Waals surface area contributed by atoms with Crippen LogP contribution >= 0.6 is 0 Å². The van der Waals surface area contributed by atoms with Crippen LogP contribution in [0, 0.1) is 0 Å². The van der Waals surface area contributed by atoms with Crippen molar-refractivity contribution in [2.24, 2.45) is 0 Å². The van der Waals surface area contributed by atoms with Crippen LogP contribution in [0.15, 0.2) is 49.2 Å². The smallest absolute Gasteiger partial charge is 0.329 e. The number of rotatable bonds is 4. The van der Waals surface area contributed by atoms with Crippen molar-refractivity contribution in [1.29, 1.82) is 0 Å². The van der Waals surface area contributed by atoms with Gasteiger partial charge in [-0.25, -0.2) is 9.97 Å². The molecule has 2 aromatic heterocycles. The third-order valence-electron chi connectivity index (χ3n) is 3.56. The third-order valence-corrected chi connectivity index (χ3v) is 3.56. The molecule has 0 fully saturated rings. The van der Waals surface area contributed by atoms with E-state index < -0.39 is 11.7 Å². The molecule has 0 bridgehead atoms. The molecule has 3 rings (SSSR count). The van der Waals surface area contributed by atoms with E-state index in [1.807, 2.05) is 17.7 Å². The predicted molar refractivity (Wildman–Crippen MR) is 79.3 cm³/mol. The van der Waals surface area contributed by atoms with E-state index in [4.69, 9.17) is 0 Å². The Morgan fingerprint density at radius 1 is 1.17 bits per heavy atom. The van der Waals surface area contributed by atoms with E-state index in [0.717, 1.165) is 30.1 Å². The van der Waals surface area contributed by atoms with Crippen LogP contribution in [0.3, 0.4) is 0 Å². The summed E-state index contributed by atoms with van der Waals surface area (Å²) >= 11 is 0. The maximum Gasteiger partial charge on any atom is 0.416 e. The van der Waals surface area contributed by atoms with Crippen molar-refractivity contribution in [3.63, 3.8) is 0 Å². The molecule has 3 aromatic rings. The zero-order valence-electron chi connectivity index (χ0n) is 12.5. The monoisotopic (exact) mass is 320 g/mol. The molecule has 0 aliphatic heterocycles. The minimum absolute atomic E-state index is 0.430. The first-order valence-electron chi connectivity index (χ1n) is 7.18. The van der Waals surface area contributed by atoms with Gasteiger partial charge in [0, 0.05) is 30.7 Å². The molecule has 0 aliphatic rings. The lowest BCUT2D eigenvalue weighted by Gasteiger charge is -2.09. The van der Waals surface area contributed by atoms with Gasteiger partial charge in [0.1, 0.15) is 5.82 Å². The number of aromatic nitrogens is 4. The fourth-order valence-electron chi connectivity index (χ4n) is 2.40. The van der Waals surface area contributed by atoms with Crippen LogP contribution in [-0.2, 0) is 19.1 Å². The van der Waals surface area contributed by atoms with Crippen LogP contribution in [-0.4, -0.2) is 19.1 Å². The number of hydrogen-bond acceptors (Lipinski definition) is 2. The van der Waals surface area contributed by atoms with E-state index in [1.54, 1.807) is 23.0 Å². The summed E-state index contributed by atoms with van der Waals surface area (Å²) in [6.45, 7) is 2.55. The molecule has 4 nitrogen and oxygen atoms in total. The molecule has 0 atom stereocenters. The van der Waals surface area contributed by atoms with Crippen molar-refractivity contribution in [2.45, 2.75) is 26.1 Å². The van der Waals surface area contributed by atoms with Crippen molar-refractivity contribution in [3.8, 4) is 5.69 Å². The van der Waals surface area contributed by atoms with Gasteiger partial charge in [0.2, 0.25) is 0 Å². The number of hydrogen-bond donors (Lipinski definition) is 0. The molecule has 2 heterocycles. The van der Waals surface area contributed by atoms with E-state index in [9.17, 15) is 13.2 Å². The van der Waals surface area contributed by atoms with Crippen molar-refractivity contribution in [3.05, 3.63) is 66.3 Å². The van der Waals surface area contributed by atoms with Crippen molar-refractivity contribution in [2.75, 3.05) is 0 Å². The average Bonchev–Trinajstić information content (AvgIpc) is 3.16. The predicted octanol–water partition coefficient (Wildman–Crippen LogP) is 3.70. The number of halogens is 3. The van der Waals surface area contributed by atoms with Crippen LogP contribution < -0.4 is 0 Å². The van der Waals surface area contributed by atoms with Gasteiger partial charge in [-0.1, -0.05) is 13.0 Å². The fraction of sp³-hybridized carbons (Fsp3) is 0.250. The van der Waals surface area contributed by atoms with E-state index >= 15 is 0 Å². The van der Waals surface area contributed by atoms with Gasteiger partial charge < -0.3 is 9.13 Å². The molecule has 0 saturated carbocycles. The molecular weight excluding hydrogens is 305 g/mol. The highest BCUT2D eigenvalue weighted by Crippen LogP contribution is 2.30. The Bertz CT molecular complexity index is 802. The second-order valence-electron chi connectivity index (χ2n) is 5.15. The average molecular weight is 320 g/mol. The first-order valence-corrected chi connectivity index (χ1v) is 7.18. The van der Waals surface area contributed by atoms with E-state index in [0.29, 0.717) is 12.2 Å². The Balaban J connectivity index is 1.85. The summed E-state index contributed by atoms with van der Waals surface area (Å²) in [4.78, 5) is 8.51. The molecule has 0 unspecified atom stereocenters. The molecule has 0 radical (unpaired) electrons. The Kier molecular flexibility index (Phi) is 3.94. The second kappa shape index (κ2) is 5.91. The van der Waals surface area contributed by atoms with Crippen LogP contribution in [0.5, 0.6) is 0 Å². The van der Waals surface area contributed by atoms with Gasteiger partial charge in [0.15, 0.2) is 0 Å². The molecular formula is C16H15F3N4. The summed E-state index contributed by atoms with van der Waals surface area (Å²) in [5.41, 5.74) is 0.517. The summed E-state index contributed by atoms with van der Waals surface area (Å²) in [5.74, 6) is 0.943. The summed E-state index contributed by atoms with van der Waals surface area (Å²) in [6.07, 6.45) is 3.29. The molecule has 0 amide bonds. The lowest BCUT2D eigenvalue weighted by molar-refractivity contribution is -0.137. The van der Waals surface area contributed by atoms with E-state index in [2.05, 4.69) is 9.97 Å². The first-order chi connectivity index (χ1) is 11.0. The first kappa shape index (κ1) is 15.3. The van der Waals surface area contributed by atoms with Gasteiger partial charge in [0.05, 0.1) is 24.1 Å². The number of benzene rings is 1. The summed E-state index contributed by atoms with van der Waals surface area (Å²) in [6, 6.07) is 5.18. The molecule has 0 saturated heterocycles. The van der Waals surface area contributed by atoms with Gasteiger partial charge in [-0.05, 0) is 18.2 Å². The molecule has 0 N–H and O–H groups in total. The normalized spacial score (nSPS) is 11.8. The standard InChI is InChI=1S/C16H15F3N4/c1-2-15-20-6-7-22(15)9-13-10-23(11-21-13)14-5-3-4-12(8-14)16(17,18)19/h3-8,10-11H,2,9H2,1H3. The van der Waals surface area contributed by atoms with E-state index in [-0.39, 0.29) is 0 Å². The largest absolute Gasteiger partial charge is 0.416 e. The van der Waals surface area contributed by atoms with Crippen LogP contribution in [0.25, 0.3) is 5.69 Å². The molecule has 0 spiro atoms. The highest BCUT2D eigenvalue weighted by molar-refractivity contribution is 5.37. The highest BCUT2D eigenvalue weighted by atomic mass is 19.4. The molecule has 1 aromatic carbocycles. The quantitative estimate of drug-likeness (QED) is 0.735. The number of nitrogens with zero attached hydrogens (tertiary/aromatic N) is 4. The Morgan fingerprint density at radius 2 is 2.00 bits per heavy atom.